The van der Waals surface area contributed by atoms with Gasteiger partial charge in [-0.2, -0.15) is 12.1 Å². The molecule has 0 aliphatic heterocycles. The van der Waals surface area contributed by atoms with Crippen molar-refractivity contribution in [2.75, 3.05) is 6.61 Å². The molecule has 0 atom stereocenters. The van der Waals surface area contributed by atoms with Crippen molar-refractivity contribution < 1.29 is 33.6 Å². The van der Waals surface area contributed by atoms with Gasteiger partial charge in [-0.3, -0.25) is 0 Å². The summed E-state index contributed by atoms with van der Waals surface area (Å²) in [5.41, 5.74) is 2.02. The topological polar surface area (TPSA) is 17.7 Å². The summed E-state index contributed by atoms with van der Waals surface area (Å²) in [6, 6.07) is 17.2. The first-order chi connectivity index (χ1) is 12.8. The zero-order valence-electron chi connectivity index (χ0n) is 14.8. The second-order valence-electron chi connectivity index (χ2n) is 6.51. The van der Waals surface area contributed by atoms with E-state index in [4.69, 9.17) is 4.74 Å². The third kappa shape index (κ3) is 2.70. The molecule has 0 amide bonds. The molecule has 0 saturated carbocycles. The summed E-state index contributed by atoms with van der Waals surface area (Å²) in [6.07, 6.45) is 4.96. The van der Waals surface area contributed by atoms with Crippen molar-refractivity contribution in [2.45, 2.75) is 13.3 Å². The quantitative estimate of drug-likeness (QED) is 0.182. The fraction of sp³-hybridized carbons (Fsp3) is 0.136. The molecule has 0 N–H and O–H groups in total. The van der Waals surface area contributed by atoms with Gasteiger partial charge in [0.25, 0.3) is 0 Å². The number of halogens is 1. The SMILES string of the molecule is CCCOc1cn2c3ccccc3c3cc(F)cc4[cH-]cc[cH-][n+]1c2c43.[Ir]. The first kappa shape index (κ1) is 17.9. The zero-order chi connectivity index (χ0) is 17.7. The standard InChI is InChI=1S/C22H18FN2O.Ir/c1-2-11-26-20-14-25-19-9-4-3-8-17(19)18-13-16(23)12-15-7-5-6-10-24(20)22(25)21(15)18;/h3-10,12-14H,2,11H2,1H3;/q-1;. The molecular weight excluding hydrogens is 519 g/mol. The number of ether oxygens (including phenoxy) is 1. The minimum absolute atomic E-state index is 0. The Bertz CT molecular complexity index is 1300. The molecule has 5 heteroatoms. The fourth-order valence-electron chi connectivity index (χ4n) is 3.76. The molecule has 0 saturated heterocycles. The van der Waals surface area contributed by atoms with Gasteiger partial charge >= 0.3 is 0 Å². The smallest absolute Gasteiger partial charge is 0.244 e. The Morgan fingerprint density at radius 3 is 2.85 bits per heavy atom. The van der Waals surface area contributed by atoms with Crippen LogP contribution in [-0.2, 0) is 20.1 Å². The number of benzene rings is 2. The third-order valence-electron chi connectivity index (χ3n) is 4.82. The van der Waals surface area contributed by atoms with Crippen molar-refractivity contribution >= 4 is 32.7 Å². The van der Waals surface area contributed by atoms with Gasteiger partial charge in [-0.1, -0.05) is 25.1 Å². The Balaban J connectivity index is 0.00000180. The van der Waals surface area contributed by atoms with Crippen LogP contribution in [-0.4, -0.2) is 11.0 Å². The van der Waals surface area contributed by atoms with E-state index < -0.39 is 0 Å². The monoisotopic (exact) mass is 538 g/mol. The maximum Gasteiger partial charge on any atom is 0.244 e. The average Bonchev–Trinajstić information content (AvgIpc) is 2.99. The van der Waals surface area contributed by atoms with E-state index in [1.807, 2.05) is 48.8 Å². The summed E-state index contributed by atoms with van der Waals surface area (Å²) in [5.74, 6) is 0.558. The number of para-hydroxylation sites is 1. The summed E-state index contributed by atoms with van der Waals surface area (Å²) in [6.45, 7) is 2.74. The molecule has 3 aromatic heterocycles. The van der Waals surface area contributed by atoms with Crippen molar-refractivity contribution in [3.8, 4) is 5.88 Å². The number of nitrogens with zero attached hydrogens (tertiary/aromatic N) is 2. The van der Waals surface area contributed by atoms with Gasteiger partial charge in [0, 0.05) is 25.5 Å². The number of imidazole rings is 1. The number of fused-ring (bicyclic) bond motifs is 3. The van der Waals surface area contributed by atoms with Crippen molar-refractivity contribution in [3.63, 3.8) is 0 Å². The predicted molar refractivity (Wildman–Crippen MR) is 101 cm³/mol. The third-order valence-corrected chi connectivity index (χ3v) is 4.82. The average molecular weight is 538 g/mol. The largest absolute Gasteiger partial charge is 0.502 e. The Morgan fingerprint density at radius 1 is 1.15 bits per heavy atom. The van der Waals surface area contributed by atoms with Crippen molar-refractivity contribution in [1.29, 1.82) is 0 Å². The van der Waals surface area contributed by atoms with Gasteiger partial charge in [0.05, 0.1) is 12.4 Å². The molecule has 0 spiro atoms. The van der Waals surface area contributed by atoms with E-state index in [1.165, 1.54) is 0 Å². The van der Waals surface area contributed by atoms with Crippen LogP contribution in [0.1, 0.15) is 13.3 Å². The summed E-state index contributed by atoms with van der Waals surface area (Å²) < 4.78 is 24.5. The van der Waals surface area contributed by atoms with Crippen LogP contribution in [0, 0.1) is 5.82 Å². The molecule has 0 bridgehead atoms. The van der Waals surface area contributed by atoms with Crippen LogP contribution in [0.3, 0.4) is 0 Å². The minimum atomic E-state index is -0.225. The molecule has 3 heterocycles. The molecule has 0 aliphatic rings. The van der Waals surface area contributed by atoms with E-state index in [2.05, 4.69) is 21.8 Å². The number of hydrogen-bond acceptors (Lipinski definition) is 1. The van der Waals surface area contributed by atoms with E-state index >= 15 is 0 Å². The van der Waals surface area contributed by atoms with Crippen LogP contribution < -0.4 is 9.14 Å². The van der Waals surface area contributed by atoms with E-state index in [1.54, 1.807) is 12.1 Å². The predicted octanol–water partition coefficient (Wildman–Crippen LogP) is 4.91. The van der Waals surface area contributed by atoms with Crippen LogP contribution >= 0.6 is 0 Å². The van der Waals surface area contributed by atoms with Crippen molar-refractivity contribution in [2.24, 2.45) is 0 Å². The zero-order valence-corrected chi connectivity index (χ0v) is 17.2. The summed E-state index contributed by atoms with van der Waals surface area (Å²) >= 11 is 0. The van der Waals surface area contributed by atoms with Gasteiger partial charge in [0.15, 0.2) is 5.65 Å². The summed E-state index contributed by atoms with van der Waals surface area (Å²) in [5, 5.41) is 3.83. The fourth-order valence-corrected chi connectivity index (χ4v) is 3.76. The second kappa shape index (κ2) is 6.91. The molecule has 27 heavy (non-hydrogen) atoms. The summed E-state index contributed by atoms with van der Waals surface area (Å²) in [4.78, 5) is 0. The minimum Gasteiger partial charge on any atom is -0.502 e. The second-order valence-corrected chi connectivity index (χ2v) is 6.51. The van der Waals surface area contributed by atoms with E-state index in [-0.39, 0.29) is 25.9 Å². The van der Waals surface area contributed by atoms with Crippen molar-refractivity contribution in [3.05, 3.63) is 72.8 Å². The van der Waals surface area contributed by atoms with Crippen molar-refractivity contribution in [1.82, 2.24) is 4.40 Å². The molecule has 139 valence electrons. The van der Waals surface area contributed by atoms with Gasteiger partial charge in [0.2, 0.25) is 5.88 Å². The molecule has 2 aromatic carbocycles. The van der Waals surface area contributed by atoms with E-state index in [9.17, 15) is 4.39 Å². The van der Waals surface area contributed by atoms with Gasteiger partial charge in [-0.25, -0.2) is 14.9 Å². The summed E-state index contributed by atoms with van der Waals surface area (Å²) in [7, 11) is 0. The number of rotatable bonds is 3. The van der Waals surface area contributed by atoms with Gasteiger partial charge in [-0.15, -0.1) is 11.5 Å². The first-order valence-electron chi connectivity index (χ1n) is 8.86. The molecule has 3 nitrogen and oxygen atoms in total. The van der Waals surface area contributed by atoms with Crippen LogP contribution in [0.25, 0.3) is 32.7 Å². The van der Waals surface area contributed by atoms with E-state index in [0.29, 0.717) is 6.61 Å². The Hall–Kier alpha value is -2.49. The Kier molecular flexibility index (Phi) is 4.58. The maximum absolute atomic E-state index is 14.3. The Labute approximate surface area is 169 Å². The molecule has 1 radical (unpaired) electrons. The molecule has 0 unspecified atom stereocenters. The molecule has 0 fully saturated rings. The number of pyridine rings is 1. The van der Waals surface area contributed by atoms with Gasteiger partial charge < -0.3 is 9.14 Å². The molecule has 0 aliphatic carbocycles. The molecule has 5 rings (SSSR count). The molecule has 5 aromatic rings. The molecular formula is C22H18FIrN2O-. The van der Waals surface area contributed by atoms with E-state index in [0.717, 1.165) is 45.0 Å². The van der Waals surface area contributed by atoms with Crippen LogP contribution in [0.15, 0.2) is 67.0 Å². The van der Waals surface area contributed by atoms with Gasteiger partial charge in [-0.05, 0) is 35.5 Å². The van der Waals surface area contributed by atoms with Crippen LogP contribution in [0.4, 0.5) is 4.39 Å². The Morgan fingerprint density at radius 2 is 2.00 bits per heavy atom. The number of hydrogen-bond donors (Lipinski definition) is 0. The number of aromatic nitrogens is 2. The maximum atomic E-state index is 14.3. The normalized spacial score (nSPS) is 11.3. The first-order valence-corrected chi connectivity index (χ1v) is 8.86. The van der Waals surface area contributed by atoms with Gasteiger partial charge in [0.1, 0.15) is 11.7 Å². The van der Waals surface area contributed by atoms with Crippen LogP contribution in [0.5, 0.6) is 5.88 Å². The van der Waals surface area contributed by atoms with Crippen LogP contribution in [0.2, 0.25) is 0 Å².